The van der Waals surface area contributed by atoms with Crippen molar-refractivity contribution in [1.29, 1.82) is 0 Å². The number of benzene rings is 1. The summed E-state index contributed by atoms with van der Waals surface area (Å²) in [5.41, 5.74) is -3.31. The molecule has 0 saturated heterocycles. The number of rotatable bonds is 3. The van der Waals surface area contributed by atoms with Gasteiger partial charge in [-0.2, -0.15) is 0 Å². The predicted molar refractivity (Wildman–Crippen MR) is 85.0 cm³/mol. The maximum Gasteiger partial charge on any atom is 0.166 e. The molecule has 0 heterocycles. The van der Waals surface area contributed by atoms with E-state index in [1.165, 1.54) is 20.8 Å². The van der Waals surface area contributed by atoms with Gasteiger partial charge >= 0.3 is 0 Å². The zero-order valence-corrected chi connectivity index (χ0v) is 14.6. The Bertz CT molecular complexity index is 789. The Labute approximate surface area is 148 Å². The first-order valence-electron chi connectivity index (χ1n) is 7.90. The van der Waals surface area contributed by atoms with Gasteiger partial charge < -0.3 is 0 Å². The summed E-state index contributed by atoms with van der Waals surface area (Å²) in [4.78, 5) is 0. The highest BCUT2D eigenvalue weighted by Gasteiger charge is 2.44. The van der Waals surface area contributed by atoms with Crippen LogP contribution < -0.4 is 0 Å². The maximum atomic E-state index is 14.8. The summed E-state index contributed by atoms with van der Waals surface area (Å²) in [5, 5.41) is -1.49. The van der Waals surface area contributed by atoms with Gasteiger partial charge in [0.2, 0.25) is 0 Å². The lowest BCUT2D eigenvalue weighted by Gasteiger charge is -2.34. The van der Waals surface area contributed by atoms with E-state index in [-0.39, 0.29) is 6.42 Å². The molecule has 0 aromatic heterocycles. The van der Waals surface area contributed by atoms with Gasteiger partial charge in [-0.05, 0) is 29.8 Å². The fourth-order valence-corrected chi connectivity index (χ4v) is 3.29. The van der Waals surface area contributed by atoms with Gasteiger partial charge in [0.1, 0.15) is 12.0 Å². The average Bonchev–Trinajstić information content (AvgIpc) is 2.54. The van der Waals surface area contributed by atoms with E-state index in [9.17, 15) is 30.7 Å². The fraction of sp³-hybridized carbons (Fsp3) is 0.444. The molecular formula is C18H16BF7. The van der Waals surface area contributed by atoms with E-state index in [0.29, 0.717) is 0 Å². The minimum absolute atomic E-state index is 0.382. The monoisotopic (exact) mass is 376 g/mol. The van der Waals surface area contributed by atoms with Crippen molar-refractivity contribution < 1.29 is 30.7 Å². The Morgan fingerprint density at radius 2 is 1.38 bits per heavy atom. The third-order valence-corrected chi connectivity index (χ3v) is 4.50. The summed E-state index contributed by atoms with van der Waals surface area (Å²) in [7, 11) is 5.71. The molecule has 0 bridgehead atoms. The molecular weight excluding hydrogens is 360 g/mol. The van der Waals surface area contributed by atoms with E-state index >= 15 is 0 Å². The van der Waals surface area contributed by atoms with Crippen molar-refractivity contribution in [2.24, 2.45) is 0 Å². The molecule has 1 aliphatic rings. The molecule has 1 aliphatic carbocycles. The van der Waals surface area contributed by atoms with Crippen LogP contribution in [-0.2, 0) is 6.42 Å². The van der Waals surface area contributed by atoms with Crippen molar-refractivity contribution >= 4 is 7.85 Å². The van der Waals surface area contributed by atoms with Crippen molar-refractivity contribution in [3.05, 3.63) is 57.2 Å². The molecule has 0 aliphatic heterocycles. The zero-order chi connectivity index (χ0) is 20.1. The average molecular weight is 376 g/mol. The highest BCUT2D eigenvalue weighted by Crippen LogP contribution is 2.51. The van der Waals surface area contributed by atoms with Crippen LogP contribution in [0.25, 0.3) is 0 Å². The molecule has 0 N–H and O–H groups in total. The first kappa shape index (κ1) is 20.6. The van der Waals surface area contributed by atoms with Crippen LogP contribution in [0.5, 0.6) is 0 Å². The van der Waals surface area contributed by atoms with Crippen LogP contribution in [0, 0.1) is 23.3 Å². The summed E-state index contributed by atoms with van der Waals surface area (Å²) in [5.74, 6) is -13.3. The van der Waals surface area contributed by atoms with Crippen molar-refractivity contribution in [2.75, 3.05) is 0 Å². The zero-order valence-electron chi connectivity index (χ0n) is 14.6. The highest BCUT2D eigenvalue weighted by molar-refractivity contribution is 6.17. The Morgan fingerprint density at radius 1 is 0.923 bits per heavy atom. The van der Waals surface area contributed by atoms with Gasteiger partial charge in [-0.3, -0.25) is 0 Å². The van der Waals surface area contributed by atoms with Gasteiger partial charge in [-0.25, -0.2) is 30.7 Å². The largest absolute Gasteiger partial charge is 0.241 e. The molecule has 8 heteroatoms. The second kappa shape index (κ2) is 6.78. The third kappa shape index (κ3) is 2.97. The second-order valence-electron chi connectivity index (χ2n) is 6.82. The van der Waals surface area contributed by atoms with Gasteiger partial charge in [0.15, 0.2) is 29.1 Å². The first-order chi connectivity index (χ1) is 11.9. The quantitative estimate of drug-likeness (QED) is 0.341. The second-order valence-corrected chi connectivity index (χ2v) is 6.82. The number of allylic oxidation sites excluding steroid dienone is 4. The molecule has 2 rings (SSSR count). The summed E-state index contributed by atoms with van der Waals surface area (Å²) in [6.45, 7) is 4.92. The summed E-state index contributed by atoms with van der Waals surface area (Å²) in [6, 6.07) is 0. The third-order valence-electron chi connectivity index (χ3n) is 4.50. The molecule has 0 nitrogen and oxygen atoms in total. The first-order valence-corrected chi connectivity index (χ1v) is 7.90. The molecule has 0 fully saturated rings. The van der Waals surface area contributed by atoms with Crippen LogP contribution in [0.15, 0.2) is 22.8 Å². The molecule has 2 atom stereocenters. The van der Waals surface area contributed by atoms with E-state index in [4.69, 9.17) is 7.85 Å². The molecule has 26 heavy (non-hydrogen) atoms. The van der Waals surface area contributed by atoms with Gasteiger partial charge in [0.05, 0.1) is 13.8 Å². The number of alkyl halides is 1. The Balaban J connectivity index is 2.79. The van der Waals surface area contributed by atoms with Crippen molar-refractivity contribution in [2.45, 2.75) is 51.5 Å². The summed E-state index contributed by atoms with van der Waals surface area (Å²) >= 11 is 0. The molecule has 0 spiro atoms. The van der Waals surface area contributed by atoms with E-state index in [1.54, 1.807) is 0 Å². The lowest BCUT2D eigenvalue weighted by Crippen LogP contribution is -2.28. The Kier molecular flexibility index (Phi) is 5.37. The topological polar surface area (TPSA) is 0 Å². The maximum absolute atomic E-state index is 14.8. The highest BCUT2D eigenvalue weighted by atomic mass is 19.2. The SMILES string of the molecule is [B]C(C)(C)C1=C(C)[C@H](F)[C@H](c2c(F)c(F)c(CC)c(F)c2F)C(F)=C1F. The molecule has 1 aromatic rings. The molecule has 2 radical (unpaired) electrons. The molecule has 0 amide bonds. The minimum atomic E-state index is -2.49. The van der Waals surface area contributed by atoms with E-state index in [1.807, 2.05) is 0 Å². The standard InChI is InChI=1S/C18H16BF7/c1-5-7-12(21)14(23)9(15(24)13(7)22)8-11(20)6(2)10(18(3,4)19)17(26)16(8)25/h8,11H,5H2,1-4H3/t8-,11-/m0/s1. The van der Waals surface area contributed by atoms with Crippen LogP contribution in [0.3, 0.4) is 0 Å². The Morgan fingerprint density at radius 3 is 1.77 bits per heavy atom. The number of hydrogen-bond acceptors (Lipinski definition) is 0. The lowest BCUT2D eigenvalue weighted by molar-refractivity contribution is 0.282. The van der Waals surface area contributed by atoms with E-state index < -0.39 is 74.6 Å². The smallest absolute Gasteiger partial charge is 0.166 e. The number of halogens is 7. The normalized spacial score (nSPS) is 21.7. The number of hydrogen-bond donors (Lipinski definition) is 0. The van der Waals surface area contributed by atoms with Crippen molar-refractivity contribution in [1.82, 2.24) is 0 Å². The van der Waals surface area contributed by atoms with E-state index in [2.05, 4.69) is 0 Å². The molecule has 1 aromatic carbocycles. The van der Waals surface area contributed by atoms with Crippen LogP contribution in [0.2, 0.25) is 5.31 Å². The van der Waals surface area contributed by atoms with Crippen LogP contribution in [-0.4, -0.2) is 14.0 Å². The lowest BCUT2D eigenvalue weighted by atomic mass is 9.62. The molecule has 140 valence electrons. The van der Waals surface area contributed by atoms with Gasteiger partial charge in [-0.15, -0.1) is 0 Å². The van der Waals surface area contributed by atoms with Crippen LogP contribution >= 0.6 is 0 Å². The van der Waals surface area contributed by atoms with Gasteiger partial charge in [0.25, 0.3) is 0 Å². The summed E-state index contributed by atoms with van der Waals surface area (Å²) in [6.07, 6.45) is -2.84. The van der Waals surface area contributed by atoms with Crippen LogP contribution in [0.4, 0.5) is 30.7 Å². The van der Waals surface area contributed by atoms with Crippen molar-refractivity contribution in [3.8, 4) is 0 Å². The van der Waals surface area contributed by atoms with E-state index in [0.717, 1.165) is 6.92 Å². The fourth-order valence-electron chi connectivity index (χ4n) is 3.29. The van der Waals surface area contributed by atoms with Gasteiger partial charge in [0, 0.05) is 11.1 Å². The van der Waals surface area contributed by atoms with Crippen molar-refractivity contribution in [3.63, 3.8) is 0 Å². The molecule has 0 saturated carbocycles. The summed E-state index contributed by atoms with van der Waals surface area (Å²) < 4.78 is 100. The minimum Gasteiger partial charge on any atom is -0.241 e. The Hall–Kier alpha value is -1.73. The van der Waals surface area contributed by atoms with Crippen LogP contribution in [0.1, 0.15) is 44.7 Å². The van der Waals surface area contributed by atoms with Gasteiger partial charge in [-0.1, -0.05) is 20.8 Å². The molecule has 0 unspecified atom stereocenters. The predicted octanol–water partition coefficient (Wildman–Crippen LogP) is 6.07.